The van der Waals surface area contributed by atoms with Gasteiger partial charge in [-0.3, -0.25) is 0 Å². The number of rotatable bonds is 3. The number of hydrogen-bond acceptors (Lipinski definition) is 3. The fourth-order valence-corrected chi connectivity index (χ4v) is 2.39. The van der Waals surface area contributed by atoms with Crippen molar-refractivity contribution in [2.75, 3.05) is 5.32 Å². The molecule has 0 fully saturated rings. The van der Waals surface area contributed by atoms with Gasteiger partial charge < -0.3 is 10.4 Å². The van der Waals surface area contributed by atoms with Crippen molar-refractivity contribution in [1.29, 1.82) is 0 Å². The quantitative estimate of drug-likeness (QED) is 0.883. The third kappa shape index (κ3) is 2.42. The number of carboxylic acid groups (broad SMARTS) is 1. The second kappa shape index (κ2) is 4.72. The van der Waals surface area contributed by atoms with Crippen LogP contribution in [-0.2, 0) is 12.8 Å². The van der Waals surface area contributed by atoms with E-state index in [-0.39, 0.29) is 5.56 Å². The van der Waals surface area contributed by atoms with Crippen LogP contribution < -0.4 is 5.32 Å². The molecule has 19 heavy (non-hydrogen) atoms. The predicted molar refractivity (Wildman–Crippen MR) is 72.9 cm³/mol. The lowest BCUT2D eigenvalue weighted by molar-refractivity contribution is 0.0696. The average molecular weight is 254 g/mol. The average Bonchev–Trinajstić information content (AvgIpc) is 2.87. The van der Waals surface area contributed by atoms with E-state index in [1.165, 1.54) is 30.2 Å². The highest BCUT2D eigenvalue weighted by molar-refractivity contribution is 5.87. The molecular weight excluding hydrogens is 240 g/mol. The first-order valence-corrected chi connectivity index (χ1v) is 6.30. The minimum absolute atomic E-state index is 0.194. The zero-order valence-corrected chi connectivity index (χ0v) is 10.4. The Morgan fingerprint density at radius 3 is 2.74 bits per heavy atom. The second-order valence-electron chi connectivity index (χ2n) is 4.70. The second-order valence-corrected chi connectivity index (χ2v) is 4.70. The molecule has 2 N–H and O–H groups in total. The van der Waals surface area contributed by atoms with E-state index in [1.807, 2.05) is 6.07 Å². The molecule has 3 rings (SSSR count). The van der Waals surface area contributed by atoms with E-state index in [1.54, 1.807) is 12.1 Å². The fraction of sp³-hybridized carbons (Fsp3) is 0.200. The maximum Gasteiger partial charge on any atom is 0.337 e. The molecule has 96 valence electrons. The number of anilines is 2. The highest BCUT2D eigenvalue weighted by Crippen LogP contribution is 2.26. The molecule has 0 bridgehead atoms. The Bertz CT molecular complexity index is 621. The molecule has 0 saturated heterocycles. The third-order valence-corrected chi connectivity index (χ3v) is 3.38. The summed E-state index contributed by atoms with van der Waals surface area (Å²) < 4.78 is 0. The topological polar surface area (TPSA) is 62.2 Å². The summed E-state index contributed by atoms with van der Waals surface area (Å²) in [6, 6.07) is 9.56. The highest BCUT2D eigenvalue weighted by atomic mass is 16.4. The predicted octanol–water partition coefficient (Wildman–Crippen LogP) is 3.01. The molecule has 1 aromatic carbocycles. The lowest BCUT2D eigenvalue weighted by atomic mass is 10.1. The van der Waals surface area contributed by atoms with Gasteiger partial charge in [-0.2, -0.15) is 0 Å². The number of aryl methyl sites for hydroxylation is 2. The molecule has 1 heterocycles. The Labute approximate surface area is 111 Å². The van der Waals surface area contributed by atoms with Crippen LogP contribution in [0.5, 0.6) is 0 Å². The summed E-state index contributed by atoms with van der Waals surface area (Å²) in [4.78, 5) is 14.8. The monoisotopic (exact) mass is 254 g/mol. The van der Waals surface area contributed by atoms with Crippen molar-refractivity contribution in [2.24, 2.45) is 0 Å². The Balaban J connectivity index is 1.79. The summed E-state index contributed by atoms with van der Waals surface area (Å²) in [5.74, 6) is -0.306. The van der Waals surface area contributed by atoms with Crippen LogP contribution >= 0.6 is 0 Å². The molecule has 1 aliphatic carbocycles. The Kier molecular flexibility index (Phi) is 2.91. The zero-order chi connectivity index (χ0) is 13.2. The molecular formula is C15H14N2O2. The van der Waals surface area contributed by atoms with Gasteiger partial charge in [-0.25, -0.2) is 9.78 Å². The van der Waals surface area contributed by atoms with Crippen molar-refractivity contribution in [1.82, 2.24) is 4.98 Å². The number of aromatic nitrogens is 1. The van der Waals surface area contributed by atoms with Crippen molar-refractivity contribution in [2.45, 2.75) is 19.3 Å². The number of carbonyl (C=O) groups is 1. The Morgan fingerprint density at radius 2 is 2.00 bits per heavy atom. The van der Waals surface area contributed by atoms with Crippen LogP contribution in [0.2, 0.25) is 0 Å². The van der Waals surface area contributed by atoms with Gasteiger partial charge in [-0.05, 0) is 54.7 Å². The first-order valence-electron chi connectivity index (χ1n) is 6.30. The van der Waals surface area contributed by atoms with E-state index < -0.39 is 5.97 Å². The Hall–Kier alpha value is -2.36. The van der Waals surface area contributed by atoms with Crippen LogP contribution in [0.4, 0.5) is 11.5 Å². The van der Waals surface area contributed by atoms with Crippen LogP contribution in [-0.4, -0.2) is 16.1 Å². The molecule has 0 amide bonds. The summed E-state index contributed by atoms with van der Waals surface area (Å²) >= 11 is 0. The number of fused-ring (bicyclic) bond motifs is 1. The van der Waals surface area contributed by atoms with E-state index in [2.05, 4.69) is 22.4 Å². The number of nitrogens with zero attached hydrogens (tertiary/aromatic N) is 1. The lowest BCUT2D eigenvalue weighted by Gasteiger charge is -2.08. The fourth-order valence-electron chi connectivity index (χ4n) is 2.39. The smallest absolute Gasteiger partial charge is 0.337 e. The van der Waals surface area contributed by atoms with Crippen molar-refractivity contribution in [3.8, 4) is 0 Å². The highest BCUT2D eigenvalue weighted by Gasteiger charge is 2.11. The van der Waals surface area contributed by atoms with Crippen LogP contribution in [0.25, 0.3) is 0 Å². The third-order valence-electron chi connectivity index (χ3n) is 3.38. The van der Waals surface area contributed by atoms with Gasteiger partial charge >= 0.3 is 5.97 Å². The van der Waals surface area contributed by atoms with E-state index >= 15 is 0 Å². The van der Waals surface area contributed by atoms with E-state index in [0.29, 0.717) is 5.82 Å². The van der Waals surface area contributed by atoms with Gasteiger partial charge in [0.05, 0.1) is 5.56 Å². The summed E-state index contributed by atoms with van der Waals surface area (Å²) in [7, 11) is 0. The maximum absolute atomic E-state index is 10.7. The summed E-state index contributed by atoms with van der Waals surface area (Å²) in [6.07, 6.45) is 4.89. The van der Waals surface area contributed by atoms with Crippen LogP contribution in [0.1, 0.15) is 27.9 Å². The molecule has 4 nitrogen and oxygen atoms in total. The van der Waals surface area contributed by atoms with Gasteiger partial charge in [0.15, 0.2) is 0 Å². The molecule has 0 atom stereocenters. The van der Waals surface area contributed by atoms with Crippen molar-refractivity contribution >= 4 is 17.5 Å². The summed E-state index contributed by atoms with van der Waals surface area (Å²) in [5, 5.41) is 12.0. The number of carboxylic acids is 1. The molecule has 0 unspecified atom stereocenters. The van der Waals surface area contributed by atoms with Crippen molar-refractivity contribution in [3.63, 3.8) is 0 Å². The molecule has 1 aromatic heterocycles. The van der Waals surface area contributed by atoms with Gasteiger partial charge in [-0.15, -0.1) is 0 Å². The Morgan fingerprint density at radius 1 is 1.16 bits per heavy atom. The summed E-state index contributed by atoms with van der Waals surface area (Å²) in [6.45, 7) is 0. The van der Waals surface area contributed by atoms with Gasteiger partial charge in [0.1, 0.15) is 5.82 Å². The van der Waals surface area contributed by atoms with Gasteiger partial charge in [-0.1, -0.05) is 6.07 Å². The van der Waals surface area contributed by atoms with Crippen LogP contribution in [0.3, 0.4) is 0 Å². The molecule has 2 aromatic rings. The SMILES string of the molecule is O=C(O)c1ccc(Nc2ccc3c(c2)CCC3)nc1. The maximum atomic E-state index is 10.7. The largest absolute Gasteiger partial charge is 0.478 e. The molecule has 4 heteroatoms. The van der Waals surface area contributed by atoms with Crippen LogP contribution in [0, 0.1) is 0 Å². The minimum Gasteiger partial charge on any atom is -0.478 e. The van der Waals surface area contributed by atoms with Gasteiger partial charge in [0, 0.05) is 11.9 Å². The number of benzene rings is 1. The van der Waals surface area contributed by atoms with E-state index in [9.17, 15) is 4.79 Å². The number of nitrogens with one attached hydrogen (secondary N) is 1. The van der Waals surface area contributed by atoms with Gasteiger partial charge in [0.25, 0.3) is 0 Å². The number of pyridine rings is 1. The molecule has 1 aliphatic rings. The first-order chi connectivity index (χ1) is 9.22. The molecule has 0 aliphatic heterocycles. The first kappa shape index (κ1) is 11.7. The normalized spacial score (nSPS) is 13.1. The van der Waals surface area contributed by atoms with E-state index in [4.69, 9.17) is 5.11 Å². The number of aromatic carboxylic acids is 1. The standard InChI is InChI=1S/C15H14N2O2/c18-15(19)12-5-7-14(16-9-12)17-13-6-4-10-2-1-3-11(10)8-13/h4-9H,1-3H2,(H,16,17)(H,18,19). The summed E-state index contributed by atoms with van der Waals surface area (Å²) in [5.41, 5.74) is 4.02. The van der Waals surface area contributed by atoms with Gasteiger partial charge in [0.2, 0.25) is 0 Å². The lowest BCUT2D eigenvalue weighted by Crippen LogP contribution is -1.99. The minimum atomic E-state index is -0.961. The van der Waals surface area contributed by atoms with Crippen LogP contribution in [0.15, 0.2) is 36.5 Å². The van der Waals surface area contributed by atoms with Crippen molar-refractivity contribution < 1.29 is 9.90 Å². The zero-order valence-electron chi connectivity index (χ0n) is 10.4. The molecule has 0 saturated carbocycles. The van der Waals surface area contributed by atoms with E-state index in [0.717, 1.165) is 12.1 Å². The molecule has 0 spiro atoms. The molecule has 0 radical (unpaired) electrons. The van der Waals surface area contributed by atoms with Crippen molar-refractivity contribution in [3.05, 3.63) is 53.2 Å². The number of hydrogen-bond donors (Lipinski definition) is 2.